The Morgan fingerprint density at radius 2 is 2.00 bits per heavy atom. The second kappa shape index (κ2) is 5.82. The molecule has 0 aromatic heterocycles. The highest BCUT2D eigenvalue weighted by Gasteiger charge is 2.23. The molecule has 2 aromatic carbocycles. The van der Waals surface area contributed by atoms with E-state index in [2.05, 4.69) is 17.6 Å². The molecule has 1 aliphatic rings. The molecule has 0 bridgehead atoms. The van der Waals surface area contributed by atoms with Crippen LogP contribution < -0.4 is 10.6 Å². The van der Waals surface area contributed by atoms with Gasteiger partial charge >= 0.3 is 0 Å². The van der Waals surface area contributed by atoms with Crippen molar-refractivity contribution < 1.29 is 9.18 Å². The fraction of sp³-hybridized carbons (Fsp3) is 0.353. The molecule has 4 heteroatoms. The van der Waals surface area contributed by atoms with Gasteiger partial charge in [-0.15, -0.1) is 0 Å². The number of carbonyl (C=O) groups is 1. The Bertz CT molecular complexity index is 671. The van der Waals surface area contributed by atoms with Crippen molar-refractivity contribution in [2.24, 2.45) is 0 Å². The SMILES string of the molecule is CC1NCCCC1NC(=O)c1ccc(F)c2ccccc12. The van der Waals surface area contributed by atoms with Gasteiger partial charge < -0.3 is 10.6 Å². The van der Waals surface area contributed by atoms with Gasteiger partial charge in [-0.25, -0.2) is 4.39 Å². The Kier molecular flexibility index (Phi) is 3.88. The number of rotatable bonds is 2. The minimum atomic E-state index is -0.296. The van der Waals surface area contributed by atoms with Gasteiger partial charge in [0.05, 0.1) is 0 Å². The van der Waals surface area contributed by atoms with Crippen LogP contribution in [0, 0.1) is 5.82 Å². The first-order valence-electron chi connectivity index (χ1n) is 7.38. The van der Waals surface area contributed by atoms with Crippen LogP contribution in [0.25, 0.3) is 10.8 Å². The summed E-state index contributed by atoms with van der Waals surface area (Å²) in [5.74, 6) is -0.429. The predicted molar refractivity (Wildman–Crippen MR) is 81.9 cm³/mol. The lowest BCUT2D eigenvalue weighted by molar-refractivity contribution is 0.0921. The molecule has 1 saturated heterocycles. The van der Waals surface area contributed by atoms with Crippen LogP contribution in [0.15, 0.2) is 36.4 Å². The number of hydrogen-bond donors (Lipinski definition) is 2. The number of nitrogens with one attached hydrogen (secondary N) is 2. The van der Waals surface area contributed by atoms with Crippen LogP contribution in [0.4, 0.5) is 4.39 Å². The Morgan fingerprint density at radius 3 is 2.76 bits per heavy atom. The minimum absolute atomic E-state index is 0.120. The molecular formula is C17H19FN2O. The van der Waals surface area contributed by atoms with E-state index >= 15 is 0 Å². The summed E-state index contributed by atoms with van der Waals surface area (Å²) in [6, 6.07) is 10.4. The van der Waals surface area contributed by atoms with Gasteiger partial charge in [0.2, 0.25) is 0 Å². The summed E-state index contributed by atoms with van der Waals surface area (Å²) < 4.78 is 13.8. The molecule has 2 aromatic rings. The Hall–Kier alpha value is -1.94. The molecule has 2 N–H and O–H groups in total. The topological polar surface area (TPSA) is 41.1 Å². The molecular weight excluding hydrogens is 267 g/mol. The minimum Gasteiger partial charge on any atom is -0.348 e. The maximum atomic E-state index is 13.8. The van der Waals surface area contributed by atoms with E-state index in [1.165, 1.54) is 6.07 Å². The van der Waals surface area contributed by atoms with Gasteiger partial charge in [0, 0.05) is 23.0 Å². The van der Waals surface area contributed by atoms with Gasteiger partial charge in [-0.3, -0.25) is 4.79 Å². The zero-order valence-electron chi connectivity index (χ0n) is 12.0. The fourth-order valence-electron chi connectivity index (χ4n) is 2.95. The van der Waals surface area contributed by atoms with Crippen molar-refractivity contribution in [2.75, 3.05) is 6.54 Å². The summed E-state index contributed by atoms with van der Waals surface area (Å²) in [6.07, 6.45) is 2.03. The van der Waals surface area contributed by atoms with E-state index in [-0.39, 0.29) is 23.8 Å². The first kappa shape index (κ1) is 14.0. The lowest BCUT2D eigenvalue weighted by Gasteiger charge is -2.30. The van der Waals surface area contributed by atoms with Gasteiger partial charge in [0.1, 0.15) is 5.82 Å². The maximum absolute atomic E-state index is 13.8. The van der Waals surface area contributed by atoms with Crippen molar-refractivity contribution in [3.63, 3.8) is 0 Å². The average Bonchev–Trinajstić information content (AvgIpc) is 2.50. The molecule has 1 heterocycles. The summed E-state index contributed by atoms with van der Waals surface area (Å²) in [6.45, 7) is 3.07. The Labute approximate surface area is 123 Å². The third-order valence-corrected chi connectivity index (χ3v) is 4.19. The highest BCUT2D eigenvalue weighted by molar-refractivity contribution is 6.07. The predicted octanol–water partition coefficient (Wildman–Crippen LogP) is 2.85. The number of benzene rings is 2. The molecule has 3 nitrogen and oxygen atoms in total. The summed E-state index contributed by atoms with van der Waals surface area (Å²) >= 11 is 0. The van der Waals surface area contributed by atoms with Crippen molar-refractivity contribution in [3.8, 4) is 0 Å². The lowest BCUT2D eigenvalue weighted by Crippen LogP contribution is -2.51. The van der Waals surface area contributed by atoms with E-state index in [9.17, 15) is 9.18 Å². The van der Waals surface area contributed by atoms with E-state index in [0.29, 0.717) is 16.3 Å². The van der Waals surface area contributed by atoms with Crippen LogP contribution in [-0.4, -0.2) is 24.5 Å². The third kappa shape index (κ3) is 2.76. The molecule has 1 aliphatic heterocycles. The average molecular weight is 286 g/mol. The van der Waals surface area contributed by atoms with Crippen molar-refractivity contribution in [1.82, 2.24) is 10.6 Å². The zero-order chi connectivity index (χ0) is 14.8. The number of halogens is 1. The Morgan fingerprint density at radius 1 is 1.24 bits per heavy atom. The summed E-state index contributed by atoms with van der Waals surface area (Å²) in [4.78, 5) is 12.5. The molecule has 0 aliphatic carbocycles. The highest BCUT2D eigenvalue weighted by Crippen LogP contribution is 2.22. The molecule has 21 heavy (non-hydrogen) atoms. The van der Waals surface area contributed by atoms with Crippen LogP contribution in [0.2, 0.25) is 0 Å². The van der Waals surface area contributed by atoms with Crippen molar-refractivity contribution >= 4 is 16.7 Å². The van der Waals surface area contributed by atoms with E-state index < -0.39 is 0 Å². The smallest absolute Gasteiger partial charge is 0.252 e. The second-order valence-corrected chi connectivity index (χ2v) is 5.61. The van der Waals surface area contributed by atoms with E-state index in [1.54, 1.807) is 24.3 Å². The van der Waals surface area contributed by atoms with Crippen molar-refractivity contribution in [2.45, 2.75) is 31.8 Å². The lowest BCUT2D eigenvalue weighted by atomic mass is 9.98. The molecule has 3 rings (SSSR count). The van der Waals surface area contributed by atoms with Crippen LogP contribution in [-0.2, 0) is 0 Å². The van der Waals surface area contributed by atoms with Crippen LogP contribution in [0.1, 0.15) is 30.1 Å². The van der Waals surface area contributed by atoms with Gasteiger partial charge in [-0.2, -0.15) is 0 Å². The number of hydrogen-bond acceptors (Lipinski definition) is 2. The normalized spacial score (nSPS) is 22.2. The van der Waals surface area contributed by atoms with Crippen molar-refractivity contribution in [1.29, 1.82) is 0 Å². The first-order chi connectivity index (χ1) is 10.2. The number of piperidine rings is 1. The largest absolute Gasteiger partial charge is 0.348 e. The number of carbonyl (C=O) groups excluding carboxylic acids is 1. The number of fused-ring (bicyclic) bond motifs is 1. The maximum Gasteiger partial charge on any atom is 0.252 e. The fourth-order valence-corrected chi connectivity index (χ4v) is 2.95. The first-order valence-corrected chi connectivity index (χ1v) is 7.38. The van der Waals surface area contributed by atoms with E-state index in [1.807, 2.05) is 6.07 Å². The quantitative estimate of drug-likeness (QED) is 0.891. The molecule has 2 atom stereocenters. The molecule has 0 spiro atoms. The Balaban J connectivity index is 1.89. The van der Waals surface area contributed by atoms with Gasteiger partial charge in [-0.05, 0) is 43.8 Å². The molecule has 1 amide bonds. The second-order valence-electron chi connectivity index (χ2n) is 5.61. The highest BCUT2D eigenvalue weighted by atomic mass is 19.1. The molecule has 2 unspecified atom stereocenters. The molecule has 110 valence electrons. The van der Waals surface area contributed by atoms with Crippen LogP contribution in [0.3, 0.4) is 0 Å². The third-order valence-electron chi connectivity index (χ3n) is 4.19. The summed E-state index contributed by atoms with van der Waals surface area (Å²) in [7, 11) is 0. The molecule has 0 saturated carbocycles. The zero-order valence-corrected chi connectivity index (χ0v) is 12.0. The summed E-state index contributed by atoms with van der Waals surface area (Å²) in [5.41, 5.74) is 0.532. The summed E-state index contributed by atoms with van der Waals surface area (Å²) in [5, 5.41) is 7.58. The van der Waals surface area contributed by atoms with Crippen LogP contribution >= 0.6 is 0 Å². The van der Waals surface area contributed by atoms with E-state index in [0.717, 1.165) is 19.4 Å². The van der Waals surface area contributed by atoms with Crippen LogP contribution in [0.5, 0.6) is 0 Å². The van der Waals surface area contributed by atoms with Crippen molar-refractivity contribution in [3.05, 3.63) is 47.8 Å². The molecule has 1 fully saturated rings. The monoisotopic (exact) mass is 286 g/mol. The number of amides is 1. The standard InChI is InChI=1S/C17H19FN2O/c1-11-16(7-4-10-19-11)20-17(21)14-8-9-15(18)13-6-3-2-5-12(13)14/h2-3,5-6,8-9,11,16,19H,4,7,10H2,1H3,(H,20,21). The van der Waals surface area contributed by atoms with Gasteiger partial charge in [0.15, 0.2) is 0 Å². The van der Waals surface area contributed by atoms with Gasteiger partial charge in [-0.1, -0.05) is 24.3 Å². The van der Waals surface area contributed by atoms with Gasteiger partial charge in [0.25, 0.3) is 5.91 Å². The van der Waals surface area contributed by atoms with E-state index in [4.69, 9.17) is 0 Å². The molecule has 0 radical (unpaired) electrons.